The Kier molecular flexibility index (Phi) is 5.26. The molecule has 0 aliphatic carbocycles. The minimum atomic E-state index is -4.86. The molecule has 0 saturated heterocycles. The van der Waals surface area contributed by atoms with E-state index in [0.717, 1.165) is 12.1 Å². The number of hydrogen-bond donors (Lipinski definition) is 4. The van der Waals surface area contributed by atoms with E-state index in [1.54, 1.807) is 0 Å². The zero-order valence-corrected chi connectivity index (χ0v) is 15.0. The van der Waals surface area contributed by atoms with Crippen LogP contribution in [0.2, 0.25) is 0 Å². The maximum absolute atomic E-state index is 12.5. The minimum absolute atomic E-state index is 0.101. The molecule has 2 aromatic rings. The normalized spacial score (nSPS) is 13.2. The summed E-state index contributed by atoms with van der Waals surface area (Å²) in [4.78, 5) is 16.1. The molecule has 0 radical (unpaired) electrons. The number of phosphoric acid groups is 1. The van der Waals surface area contributed by atoms with Gasteiger partial charge in [-0.3, -0.25) is 9.08 Å². The smallest absolute Gasteiger partial charge is 0.399 e. The quantitative estimate of drug-likeness (QED) is 0.298. The first-order valence-electron chi connectivity index (χ1n) is 6.53. The Bertz CT molecular complexity index is 1070. The van der Waals surface area contributed by atoms with Gasteiger partial charge >= 0.3 is 7.82 Å². The highest BCUT2D eigenvalue weighted by atomic mass is 32.2. The maximum atomic E-state index is 12.5. The molecule has 0 unspecified atom stereocenters. The summed E-state index contributed by atoms with van der Waals surface area (Å²) in [6.45, 7) is -0.813. The largest absolute Gasteiger partial charge is 0.469 e. The van der Waals surface area contributed by atoms with Crippen molar-refractivity contribution < 1.29 is 40.3 Å². The fourth-order valence-electron chi connectivity index (χ4n) is 2.10. The predicted molar refractivity (Wildman–Crippen MR) is 88.2 cm³/mol. The lowest BCUT2D eigenvalue weighted by Crippen LogP contribution is -2.13. The van der Waals surface area contributed by atoms with Crippen molar-refractivity contribution in [1.29, 1.82) is 0 Å². The van der Waals surface area contributed by atoms with Gasteiger partial charge in [-0.25, -0.2) is 13.0 Å². The second-order valence-corrected chi connectivity index (χ2v) is 9.76. The molecule has 0 aromatic heterocycles. The summed E-state index contributed by atoms with van der Waals surface area (Å²) < 4.78 is 71.7. The second-order valence-electron chi connectivity index (χ2n) is 5.02. The van der Waals surface area contributed by atoms with E-state index in [0.29, 0.717) is 0 Å². The van der Waals surface area contributed by atoms with Gasteiger partial charge in [0.25, 0.3) is 10.1 Å². The first kappa shape index (κ1) is 19.8. The fraction of sp³-hybridized carbons (Fsp3) is 0.167. The number of hydrogen-bond acceptors (Lipinski definition) is 7. The molecule has 0 amide bonds. The average Bonchev–Trinajstić information content (AvgIpc) is 2.43. The van der Waals surface area contributed by atoms with Crippen LogP contribution < -0.4 is 5.73 Å². The summed E-state index contributed by atoms with van der Waals surface area (Å²) in [6.07, 6.45) is 0. The molecule has 0 atom stereocenters. The van der Waals surface area contributed by atoms with Gasteiger partial charge in [0.1, 0.15) is 0 Å². The van der Waals surface area contributed by atoms with Crippen LogP contribution in [0.25, 0.3) is 10.8 Å². The van der Waals surface area contributed by atoms with Gasteiger partial charge in [0.2, 0.25) is 0 Å². The highest BCUT2D eigenvalue weighted by molar-refractivity contribution is 7.91. The van der Waals surface area contributed by atoms with Gasteiger partial charge in [0.05, 0.1) is 22.2 Å². The molecule has 0 bridgehead atoms. The number of nitrogen functional groups attached to an aromatic ring is 1. The van der Waals surface area contributed by atoms with E-state index in [2.05, 4.69) is 4.52 Å². The van der Waals surface area contributed by atoms with Crippen LogP contribution in [0, 0.1) is 0 Å². The molecule has 2 aromatic carbocycles. The molecule has 0 heterocycles. The monoisotopic (exact) mass is 411 g/mol. The second kappa shape index (κ2) is 6.65. The molecule has 138 valence electrons. The van der Waals surface area contributed by atoms with Gasteiger partial charge in [-0.05, 0) is 29.7 Å². The van der Waals surface area contributed by atoms with E-state index in [-0.39, 0.29) is 16.5 Å². The van der Waals surface area contributed by atoms with Crippen molar-refractivity contribution in [2.75, 3.05) is 18.1 Å². The standard InChI is InChI=1S/C12H14NO9PS2/c13-9-2-1-8-5-10(25(19,20)21)7-12(11(8)6-9)24(17,18)4-3-22-23(14,15)16/h1-2,5-7H,3-4,13H2,(H2,14,15,16)(H,19,20,21). The number of anilines is 1. The molecular weight excluding hydrogens is 397 g/mol. The van der Waals surface area contributed by atoms with Crippen molar-refractivity contribution in [2.45, 2.75) is 9.79 Å². The molecule has 25 heavy (non-hydrogen) atoms. The number of nitrogens with two attached hydrogens (primary N) is 1. The Morgan fingerprint density at radius 2 is 1.72 bits per heavy atom. The Hall–Kier alpha value is -1.53. The third kappa shape index (κ3) is 4.98. The van der Waals surface area contributed by atoms with E-state index in [1.807, 2.05) is 0 Å². The fourth-order valence-corrected chi connectivity index (χ4v) is 4.51. The summed E-state index contributed by atoms with van der Waals surface area (Å²) >= 11 is 0. The van der Waals surface area contributed by atoms with Crippen molar-refractivity contribution in [3.05, 3.63) is 30.3 Å². The van der Waals surface area contributed by atoms with Crippen LogP contribution in [0.3, 0.4) is 0 Å². The van der Waals surface area contributed by atoms with Crippen LogP contribution in [0.5, 0.6) is 0 Å². The van der Waals surface area contributed by atoms with Crippen LogP contribution >= 0.6 is 7.82 Å². The lowest BCUT2D eigenvalue weighted by Gasteiger charge is -2.11. The number of benzene rings is 2. The highest BCUT2D eigenvalue weighted by Gasteiger charge is 2.24. The summed E-state index contributed by atoms with van der Waals surface area (Å²) in [5, 5.41) is 0.294. The SMILES string of the molecule is Nc1ccc2cc(S(=O)(=O)O)cc(S(=O)(=O)CCOP(=O)(O)O)c2c1. The molecule has 13 heteroatoms. The summed E-state index contributed by atoms with van der Waals surface area (Å²) in [5.74, 6) is -0.822. The Morgan fingerprint density at radius 3 is 2.28 bits per heavy atom. The van der Waals surface area contributed by atoms with Crippen molar-refractivity contribution in [1.82, 2.24) is 0 Å². The Labute approximate surface area is 143 Å². The highest BCUT2D eigenvalue weighted by Crippen LogP contribution is 2.36. The summed E-state index contributed by atoms with van der Waals surface area (Å²) in [5.41, 5.74) is 5.84. The molecule has 0 aliphatic heterocycles. The number of fused-ring (bicyclic) bond motifs is 1. The molecular formula is C12H14NO9PS2. The van der Waals surface area contributed by atoms with Gasteiger partial charge in [-0.2, -0.15) is 8.42 Å². The van der Waals surface area contributed by atoms with Crippen LogP contribution in [0.4, 0.5) is 5.69 Å². The predicted octanol–water partition coefficient (Wildman–Crippen LogP) is 0.552. The van der Waals surface area contributed by atoms with Gasteiger partial charge in [-0.15, -0.1) is 0 Å². The minimum Gasteiger partial charge on any atom is -0.399 e. The first-order chi connectivity index (χ1) is 11.3. The molecule has 0 saturated carbocycles. The zero-order chi connectivity index (χ0) is 19.0. The molecule has 0 fully saturated rings. The summed E-state index contributed by atoms with van der Waals surface area (Å²) in [6, 6.07) is 5.94. The summed E-state index contributed by atoms with van der Waals surface area (Å²) in [7, 11) is -13.7. The van der Waals surface area contributed by atoms with Crippen LogP contribution in [0.1, 0.15) is 0 Å². The van der Waals surface area contributed by atoms with Crippen molar-refractivity contribution in [3.63, 3.8) is 0 Å². The van der Waals surface area contributed by atoms with E-state index in [9.17, 15) is 26.0 Å². The van der Waals surface area contributed by atoms with Crippen molar-refractivity contribution >= 4 is 44.2 Å². The van der Waals surface area contributed by atoms with Gasteiger partial charge in [0, 0.05) is 11.1 Å². The molecule has 0 spiro atoms. The molecule has 5 N–H and O–H groups in total. The van der Waals surface area contributed by atoms with Crippen LogP contribution in [-0.4, -0.2) is 43.5 Å². The third-order valence-corrected chi connectivity index (χ3v) is 6.22. The Balaban J connectivity index is 2.61. The van der Waals surface area contributed by atoms with Crippen molar-refractivity contribution in [3.8, 4) is 0 Å². The maximum Gasteiger partial charge on any atom is 0.469 e. The number of rotatable bonds is 6. The zero-order valence-electron chi connectivity index (χ0n) is 12.4. The van der Waals surface area contributed by atoms with Crippen LogP contribution in [-0.2, 0) is 29.0 Å². The van der Waals surface area contributed by atoms with E-state index < -0.39 is 49.9 Å². The topological polar surface area (TPSA) is 181 Å². The van der Waals surface area contributed by atoms with Gasteiger partial charge < -0.3 is 15.5 Å². The van der Waals surface area contributed by atoms with E-state index in [4.69, 9.17) is 15.5 Å². The molecule has 10 nitrogen and oxygen atoms in total. The van der Waals surface area contributed by atoms with E-state index >= 15 is 0 Å². The third-order valence-electron chi connectivity index (χ3n) is 3.16. The number of sulfone groups is 1. The van der Waals surface area contributed by atoms with Crippen molar-refractivity contribution in [2.24, 2.45) is 0 Å². The molecule has 2 rings (SSSR count). The number of phosphoric ester groups is 1. The lowest BCUT2D eigenvalue weighted by atomic mass is 10.1. The van der Waals surface area contributed by atoms with Gasteiger partial charge in [-0.1, -0.05) is 6.07 Å². The lowest BCUT2D eigenvalue weighted by molar-refractivity contribution is 0.207. The first-order valence-corrected chi connectivity index (χ1v) is 11.2. The Morgan fingerprint density at radius 1 is 1.08 bits per heavy atom. The van der Waals surface area contributed by atoms with Crippen LogP contribution in [0.15, 0.2) is 40.1 Å². The van der Waals surface area contributed by atoms with Gasteiger partial charge in [0.15, 0.2) is 9.84 Å². The van der Waals surface area contributed by atoms with E-state index in [1.165, 1.54) is 18.2 Å². The average molecular weight is 411 g/mol. The molecule has 0 aliphatic rings.